The normalized spacial score (nSPS) is 12.4. The quantitative estimate of drug-likeness (QED) is 0.0521. The molecule has 2 atom stereocenters. The van der Waals surface area contributed by atoms with E-state index in [2.05, 4.69) is 31.2 Å². The second kappa shape index (κ2) is 18.4. The van der Waals surface area contributed by atoms with Gasteiger partial charge in [-0.3, -0.25) is 28.8 Å². The molecule has 1 rings (SSSR count). The molecular formula is C25H38N6O10S. The zero-order valence-corrected chi connectivity index (χ0v) is 24.5. The van der Waals surface area contributed by atoms with Crippen LogP contribution in [0.3, 0.4) is 0 Å². The Balaban J connectivity index is 2.26. The number of carboxylic acid groups (broad SMARTS) is 1. The van der Waals surface area contributed by atoms with Crippen LogP contribution in [-0.2, 0) is 44.7 Å². The monoisotopic (exact) mass is 614 g/mol. The van der Waals surface area contributed by atoms with Crippen LogP contribution in [0.5, 0.6) is 0 Å². The molecule has 0 bridgehead atoms. The maximum absolute atomic E-state index is 12.3. The number of hydrogen-bond donors (Lipinski definition) is 7. The number of thioether (sulfide) groups is 1. The Morgan fingerprint density at radius 2 is 1.74 bits per heavy atom. The van der Waals surface area contributed by atoms with E-state index >= 15 is 0 Å². The molecule has 0 aliphatic carbocycles. The van der Waals surface area contributed by atoms with Gasteiger partial charge in [-0.15, -0.1) is 0 Å². The fraction of sp³-hybridized carbons (Fsp3) is 0.600. The molecule has 1 aromatic rings. The van der Waals surface area contributed by atoms with Crippen molar-refractivity contribution in [3.63, 3.8) is 0 Å². The minimum Gasteiger partial charge on any atom is -0.481 e. The number of H-pyrrole nitrogens is 1. The number of ether oxygens (including phenoxy) is 1. The summed E-state index contributed by atoms with van der Waals surface area (Å²) in [6.07, 6.45) is 0.987. The number of hydrogen-bond acceptors (Lipinski definition) is 11. The first-order valence-electron chi connectivity index (χ1n) is 13.0. The predicted molar refractivity (Wildman–Crippen MR) is 149 cm³/mol. The molecule has 16 nitrogen and oxygen atoms in total. The summed E-state index contributed by atoms with van der Waals surface area (Å²) < 4.78 is 5.04. The molecular weight excluding hydrogens is 576 g/mol. The second-order valence-electron chi connectivity index (χ2n) is 9.81. The molecule has 42 heavy (non-hydrogen) atoms. The predicted octanol–water partition coefficient (Wildman–Crippen LogP) is -1.75. The van der Waals surface area contributed by atoms with Gasteiger partial charge in [0.2, 0.25) is 23.6 Å². The third-order valence-electron chi connectivity index (χ3n) is 5.53. The molecule has 0 aliphatic heterocycles. The van der Waals surface area contributed by atoms with Gasteiger partial charge < -0.3 is 41.2 Å². The highest BCUT2D eigenvalue weighted by molar-refractivity contribution is 8.13. The number of amides is 4. The number of aliphatic carboxylic acids is 1. The topological polar surface area (TPSA) is 246 Å². The SMILES string of the molecule is CC(=O)N[C@@H](CC(=O)O)C(=O)OCC(C)(C)[C@@H](O)C(=O)NCCC(=O)NCCSC(=O)CC(=O)NCCc1cnc[nH]1. The molecule has 0 fully saturated rings. The zero-order chi connectivity index (χ0) is 31.7. The van der Waals surface area contributed by atoms with Crippen LogP contribution in [-0.4, -0.2) is 105 Å². The second-order valence-corrected chi connectivity index (χ2v) is 11.0. The molecule has 0 radical (unpaired) electrons. The van der Waals surface area contributed by atoms with Crippen molar-refractivity contribution in [3.05, 3.63) is 18.2 Å². The van der Waals surface area contributed by atoms with Crippen LogP contribution in [0, 0.1) is 5.41 Å². The number of carbonyl (C=O) groups excluding carboxylic acids is 6. The van der Waals surface area contributed by atoms with Crippen LogP contribution < -0.4 is 21.3 Å². The van der Waals surface area contributed by atoms with Crippen molar-refractivity contribution < 1.29 is 48.5 Å². The highest BCUT2D eigenvalue weighted by atomic mass is 32.2. The van der Waals surface area contributed by atoms with Crippen molar-refractivity contribution in [2.24, 2.45) is 5.41 Å². The largest absolute Gasteiger partial charge is 0.481 e. The van der Waals surface area contributed by atoms with Gasteiger partial charge in [0.25, 0.3) is 0 Å². The lowest BCUT2D eigenvalue weighted by atomic mass is 9.87. The number of nitrogens with zero attached hydrogens (tertiary/aromatic N) is 1. The molecule has 0 aromatic carbocycles. The molecule has 0 unspecified atom stereocenters. The van der Waals surface area contributed by atoms with Crippen molar-refractivity contribution in [3.8, 4) is 0 Å². The summed E-state index contributed by atoms with van der Waals surface area (Å²) in [6, 6.07) is -1.43. The van der Waals surface area contributed by atoms with Gasteiger partial charge in [0.15, 0.2) is 5.12 Å². The fourth-order valence-electron chi connectivity index (χ4n) is 3.25. The molecule has 4 amide bonds. The minimum atomic E-state index is -1.64. The highest BCUT2D eigenvalue weighted by Gasteiger charge is 2.36. The lowest BCUT2D eigenvalue weighted by molar-refractivity contribution is -0.158. The number of imidazole rings is 1. The van der Waals surface area contributed by atoms with Gasteiger partial charge in [0.05, 0.1) is 25.8 Å². The van der Waals surface area contributed by atoms with E-state index in [0.717, 1.165) is 24.4 Å². The standard InChI is InChI=1S/C25H38N6O10S/c1-15(32)31-17(10-20(35)36)24(40)41-13-25(2,3)22(38)23(39)29-7-5-18(33)28-8-9-42-21(37)11-19(34)27-6-4-16-12-26-14-30-16/h12,14,17,22,38H,4-11,13H2,1-3H3,(H,26,30)(H,27,34)(H,28,33)(H,29,39)(H,31,32)(H,35,36)/t17-,22-/m0/s1. The van der Waals surface area contributed by atoms with Crippen LogP contribution in [0.1, 0.15) is 45.7 Å². The molecule has 17 heteroatoms. The molecule has 0 aliphatic rings. The van der Waals surface area contributed by atoms with Crippen molar-refractivity contribution in [2.75, 3.05) is 32.0 Å². The Bertz CT molecular complexity index is 1080. The van der Waals surface area contributed by atoms with E-state index in [1.165, 1.54) is 20.2 Å². The minimum absolute atomic E-state index is 0.106. The van der Waals surface area contributed by atoms with E-state index in [0.29, 0.717) is 13.0 Å². The van der Waals surface area contributed by atoms with Crippen molar-refractivity contribution in [2.45, 2.75) is 58.6 Å². The average molecular weight is 615 g/mol. The van der Waals surface area contributed by atoms with E-state index in [1.54, 1.807) is 6.20 Å². The summed E-state index contributed by atoms with van der Waals surface area (Å²) in [5, 5.41) is 28.8. The molecule has 234 valence electrons. The summed E-state index contributed by atoms with van der Waals surface area (Å²) >= 11 is 0.908. The van der Waals surface area contributed by atoms with E-state index < -0.39 is 66.2 Å². The van der Waals surface area contributed by atoms with Crippen LogP contribution in [0.15, 0.2) is 12.5 Å². The van der Waals surface area contributed by atoms with E-state index in [-0.39, 0.29) is 36.8 Å². The Hall–Kier alpha value is -3.99. The lowest BCUT2D eigenvalue weighted by Crippen LogP contribution is -2.48. The Morgan fingerprint density at radius 3 is 2.36 bits per heavy atom. The molecule has 1 heterocycles. The van der Waals surface area contributed by atoms with Crippen molar-refractivity contribution >= 4 is 52.4 Å². The molecule has 0 spiro atoms. The van der Waals surface area contributed by atoms with Gasteiger partial charge in [-0.25, -0.2) is 9.78 Å². The average Bonchev–Trinajstić information content (AvgIpc) is 3.42. The van der Waals surface area contributed by atoms with Gasteiger partial charge in [-0.1, -0.05) is 25.6 Å². The van der Waals surface area contributed by atoms with Gasteiger partial charge in [-0.05, 0) is 0 Å². The number of aliphatic hydroxyl groups is 1. The third-order valence-corrected chi connectivity index (χ3v) is 6.41. The van der Waals surface area contributed by atoms with E-state index in [4.69, 9.17) is 9.84 Å². The number of nitrogens with one attached hydrogen (secondary N) is 5. The van der Waals surface area contributed by atoms with Crippen LogP contribution in [0.25, 0.3) is 0 Å². The lowest BCUT2D eigenvalue weighted by Gasteiger charge is -2.29. The summed E-state index contributed by atoms with van der Waals surface area (Å²) in [5.41, 5.74) is -0.425. The number of carbonyl (C=O) groups is 7. The smallest absolute Gasteiger partial charge is 0.329 e. The number of carboxylic acids is 1. The first-order chi connectivity index (χ1) is 19.7. The highest BCUT2D eigenvalue weighted by Crippen LogP contribution is 2.22. The van der Waals surface area contributed by atoms with Gasteiger partial charge in [-0.2, -0.15) is 0 Å². The van der Waals surface area contributed by atoms with E-state index in [9.17, 15) is 38.7 Å². The molecule has 0 saturated heterocycles. The third kappa shape index (κ3) is 15.1. The number of rotatable bonds is 19. The number of aromatic amines is 1. The first-order valence-corrected chi connectivity index (χ1v) is 14.0. The zero-order valence-electron chi connectivity index (χ0n) is 23.7. The number of aromatic nitrogens is 2. The van der Waals surface area contributed by atoms with Gasteiger partial charge in [0, 0.05) is 62.5 Å². The Labute approximate surface area is 246 Å². The summed E-state index contributed by atoms with van der Waals surface area (Å²) in [6.45, 7) is 3.94. The van der Waals surface area contributed by atoms with Crippen molar-refractivity contribution in [1.29, 1.82) is 0 Å². The first kappa shape index (κ1) is 36.0. The molecule has 1 aromatic heterocycles. The fourth-order valence-corrected chi connectivity index (χ4v) is 3.91. The summed E-state index contributed by atoms with van der Waals surface area (Å²) in [5.74, 6) is -4.39. The van der Waals surface area contributed by atoms with Crippen LogP contribution in [0.4, 0.5) is 0 Å². The maximum atomic E-state index is 12.3. The molecule has 0 saturated carbocycles. The Morgan fingerprint density at radius 1 is 1.05 bits per heavy atom. The van der Waals surface area contributed by atoms with Crippen LogP contribution >= 0.6 is 11.8 Å². The summed E-state index contributed by atoms with van der Waals surface area (Å²) in [7, 11) is 0. The van der Waals surface area contributed by atoms with Crippen molar-refractivity contribution in [1.82, 2.24) is 31.2 Å². The van der Waals surface area contributed by atoms with Gasteiger partial charge in [0.1, 0.15) is 12.1 Å². The van der Waals surface area contributed by atoms with Crippen LogP contribution in [0.2, 0.25) is 0 Å². The summed E-state index contributed by atoms with van der Waals surface area (Å²) in [4.78, 5) is 89.2. The van der Waals surface area contributed by atoms with E-state index in [1.807, 2.05) is 0 Å². The molecule has 7 N–H and O–H groups in total. The number of esters is 1. The maximum Gasteiger partial charge on any atom is 0.329 e. The Kier molecular flexibility index (Phi) is 15.8. The number of aliphatic hydroxyl groups excluding tert-OH is 1. The van der Waals surface area contributed by atoms with Gasteiger partial charge >= 0.3 is 11.9 Å².